The standard InChI is InChI=1S/C13H15Cl2N3O4/c1-22-4-2-3-16-12(20)13(21)18-17-7-8-5-9(14)11(19)10(15)6-8/h5-7,19H,2-4H2,1H3,(H,16,20)(H,18,21)/b17-7+. The van der Waals surface area contributed by atoms with Crippen molar-refractivity contribution in [2.24, 2.45) is 5.10 Å². The van der Waals surface area contributed by atoms with E-state index < -0.39 is 11.8 Å². The van der Waals surface area contributed by atoms with Crippen molar-refractivity contribution < 1.29 is 19.4 Å². The van der Waals surface area contributed by atoms with Gasteiger partial charge >= 0.3 is 11.8 Å². The molecule has 2 amide bonds. The zero-order valence-corrected chi connectivity index (χ0v) is 13.2. The molecule has 0 spiro atoms. The highest BCUT2D eigenvalue weighted by molar-refractivity contribution is 6.37. The first-order valence-electron chi connectivity index (χ1n) is 6.24. The molecule has 0 unspecified atom stereocenters. The highest BCUT2D eigenvalue weighted by atomic mass is 35.5. The Balaban J connectivity index is 2.48. The minimum atomic E-state index is -0.898. The molecular weight excluding hydrogens is 333 g/mol. The van der Waals surface area contributed by atoms with Crippen molar-refractivity contribution in [3.05, 3.63) is 27.7 Å². The average molecular weight is 348 g/mol. The van der Waals surface area contributed by atoms with E-state index in [-0.39, 0.29) is 15.8 Å². The Labute approximate surface area is 137 Å². The van der Waals surface area contributed by atoms with Crippen LogP contribution in [0.3, 0.4) is 0 Å². The molecule has 0 saturated carbocycles. The summed E-state index contributed by atoms with van der Waals surface area (Å²) in [6.45, 7) is 0.815. The highest BCUT2D eigenvalue weighted by Crippen LogP contribution is 2.32. The van der Waals surface area contributed by atoms with E-state index in [9.17, 15) is 14.7 Å². The van der Waals surface area contributed by atoms with Gasteiger partial charge in [0, 0.05) is 20.3 Å². The summed E-state index contributed by atoms with van der Waals surface area (Å²) in [6, 6.07) is 2.81. The number of hydrogen-bond acceptors (Lipinski definition) is 5. The third-order valence-electron chi connectivity index (χ3n) is 2.44. The minimum Gasteiger partial charge on any atom is -0.505 e. The lowest BCUT2D eigenvalue weighted by Crippen LogP contribution is -2.38. The number of amides is 2. The quantitative estimate of drug-likeness (QED) is 0.312. The maximum Gasteiger partial charge on any atom is 0.329 e. The summed E-state index contributed by atoms with van der Waals surface area (Å²) in [4.78, 5) is 22.8. The van der Waals surface area contributed by atoms with Crippen LogP contribution in [0.25, 0.3) is 0 Å². The third kappa shape index (κ3) is 5.88. The second kappa shape index (κ2) is 9.24. The van der Waals surface area contributed by atoms with Crippen LogP contribution in [0.1, 0.15) is 12.0 Å². The van der Waals surface area contributed by atoms with Crippen LogP contribution in [-0.4, -0.2) is 43.4 Å². The molecule has 0 atom stereocenters. The Morgan fingerprint density at radius 3 is 2.55 bits per heavy atom. The molecule has 3 N–H and O–H groups in total. The number of hydrogen-bond donors (Lipinski definition) is 3. The lowest BCUT2D eigenvalue weighted by molar-refractivity contribution is -0.139. The molecule has 1 aromatic rings. The van der Waals surface area contributed by atoms with Crippen molar-refractivity contribution in [1.29, 1.82) is 0 Å². The number of nitrogens with zero attached hydrogens (tertiary/aromatic N) is 1. The molecule has 120 valence electrons. The van der Waals surface area contributed by atoms with Crippen LogP contribution < -0.4 is 10.7 Å². The van der Waals surface area contributed by atoms with Gasteiger partial charge in [-0.3, -0.25) is 9.59 Å². The fourth-order valence-electron chi connectivity index (χ4n) is 1.37. The molecule has 0 aliphatic heterocycles. The summed E-state index contributed by atoms with van der Waals surface area (Å²) in [6.07, 6.45) is 1.84. The van der Waals surface area contributed by atoms with Gasteiger partial charge in [-0.05, 0) is 24.1 Å². The van der Waals surface area contributed by atoms with Gasteiger partial charge < -0.3 is 15.2 Å². The molecule has 9 heteroatoms. The van der Waals surface area contributed by atoms with Crippen molar-refractivity contribution in [3.8, 4) is 5.75 Å². The molecule has 0 bridgehead atoms. The number of ether oxygens (including phenoxy) is 1. The molecule has 1 rings (SSSR count). The van der Waals surface area contributed by atoms with Crippen LogP contribution >= 0.6 is 23.2 Å². The van der Waals surface area contributed by atoms with E-state index in [1.54, 1.807) is 7.11 Å². The Morgan fingerprint density at radius 1 is 1.32 bits per heavy atom. The van der Waals surface area contributed by atoms with Gasteiger partial charge in [0.2, 0.25) is 0 Å². The van der Waals surface area contributed by atoms with Crippen molar-refractivity contribution in [2.45, 2.75) is 6.42 Å². The number of hydrazone groups is 1. The number of phenolic OH excluding ortho intramolecular Hbond substituents is 1. The predicted octanol–water partition coefficient (Wildman–Crippen LogP) is 1.30. The largest absolute Gasteiger partial charge is 0.505 e. The molecule has 0 fully saturated rings. The number of carbonyl (C=O) groups excluding carboxylic acids is 2. The monoisotopic (exact) mass is 347 g/mol. The predicted molar refractivity (Wildman–Crippen MR) is 83.4 cm³/mol. The lowest BCUT2D eigenvalue weighted by atomic mass is 10.2. The second-order valence-corrected chi connectivity index (χ2v) is 4.95. The Hall–Kier alpha value is -1.83. The summed E-state index contributed by atoms with van der Waals surface area (Å²) in [5.41, 5.74) is 2.52. The number of phenols is 1. The first-order chi connectivity index (χ1) is 10.5. The number of carbonyl (C=O) groups is 2. The molecule has 0 aliphatic rings. The first kappa shape index (κ1) is 18.2. The number of halogens is 2. The van der Waals surface area contributed by atoms with E-state index in [4.69, 9.17) is 27.9 Å². The van der Waals surface area contributed by atoms with Gasteiger partial charge in [0.05, 0.1) is 16.3 Å². The molecule has 1 aromatic carbocycles. The summed E-state index contributed by atoms with van der Waals surface area (Å²) in [5.74, 6) is -1.93. The average Bonchev–Trinajstić information content (AvgIpc) is 2.48. The van der Waals surface area contributed by atoms with E-state index in [1.807, 2.05) is 0 Å². The van der Waals surface area contributed by atoms with Gasteiger partial charge in [-0.15, -0.1) is 0 Å². The number of aromatic hydroxyl groups is 1. The normalized spacial score (nSPS) is 10.7. The second-order valence-electron chi connectivity index (χ2n) is 4.13. The highest BCUT2D eigenvalue weighted by Gasteiger charge is 2.11. The van der Waals surface area contributed by atoms with E-state index in [0.717, 1.165) is 0 Å². The fraction of sp³-hybridized carbons (Fsp3) is 0.308. The van der Waals surface area contributed by atoms with Crippen LogP contribution in [0.5, 0.6) is 5.75 Å². The van der Waals surface area contributed by atoms with Crippen molar-refractivity contribution >= 4 is 41.2 Å². The number of nitrogens with one attached hydrogen (secondary N) is 2. The van der Waals surface area contributed by atoms with Crippen molar-refractivity contribution in [1.82, 2.24) is 10.7 Å². The van der Waals surface area contributed by atoms with Crippen molar-refractivity contribution in [3.63, 3.8) is 0 Å². The van der Waals surface area contributed by atoms with Crippen LogP contribution in [-0.2, 0) is 14.3 Å². The SMILES string of the molecule is COCCCNC(=O)C(=O)N/N=C/c1cc(Cl)c(O)c(Cl)c1. The van der Waals surface area contributed by atoms with Gasteiger partial charge in [-0.25, -0.2) is 5.43 Å². The molecule has 0 aliphatic carbocycles. The third-order valence-corrected chi connectivity index (χ3v) is 3.01. The van der Waals surface area contributed by atoms with Crippen LogP contribution in [0.4, 0.5) is 0 Å². The van der Waals surface area contributed by atoms with Gasteiger partial charge in [-0.1, -0.05) is 23.2 Å². The van der Waals surface area contributed by atoms with Crippen LogP contribution in [0.2, 0.25) is 10.0 Å². The molecule has 0 saturated heterocycles. The number of benzene rings is 1. The summed E-state index contributed by atoms with van der Waals surface area (Å²) in [7, 11) is 1.55. The molecule has 22 heavy (non-hydrogen) atoms. The molecule has 0 heterocycles. The Bertz CT molecular complexity index is 555. The minimum absolute atomic E-state index is 0.0520. The maximum atomic E-state index is 11.4. The Morgan fingerprint density at radius 2 is 1.95 bits per heavy atom. The fourth-order valence-corrected chi connectivity index (χ4v) is 1.88. The van der Waals surface area contributed by atoms with E-state index in [0.29, 0.717) is 25.1 Å². The van der Waals surface area contributed by atoms with Gasteiger partial charge in [0.1, 0.15) is 0 Å². The smallest absolute Gasteiger partial charge is 0.329 e. The van der Waals surface area contributed by atoms with Crippen LogP contribution in [0.15, 0.2) is 17.2 Å². The first-order valence-corrected chi connectivity index (χ1v) is 6.99. The van der Waals surface area contributed by atoms with Gasteiger partial charge in [0.15, 0.2) is 5.75 Å². The summed E-state index contributed by atoms with van der Waals surface area (Å²) in [5, 5.41) is 15.5. The topological polar surface area (TPSA) is 100 Å². The van der Waals surface area contributed by atoms with Gasteiger partial charge in [0.25, 0.3) is 0 Å². The van der Waals surface area contributed by atoms with Crippen molar-refractivity contribution in [2.75, 3.05) is 20.3 Å². The zero-order chi connectivity index (χ0) is 16.5. The number of methoxy groups -OCH3 is 1. The molecular formula is C13H15Cl2N3O4. The van der Waals surface area contributed by atoms with E-state index in [1.165, 1.54) is 18.3 Å². The lowest BCUT2D eigenvalue weighted by Gasteiger charge is -2.03. The summed E-state index contributed by atoms with van der Waals surface area (Å²) >= 11 is 11.5. The summed E-state index contributed by atoms with van der Waals surface area (Å²) < 4.78 is 4.81. The molecule has 0 aromatic heterocycles. The Kier molecular flexibility index (Phi) is 7.65. The zero-order valence-electron chi connectivity index (χ0n) is 11.7. The molecule has 0 radical (unpaired) electrons. The van der Waals surface area contributed by atoms with E-state index in [2.05, 4.69) is 15.8 Å². The van der Waals surface area contributed by atoms with Gasteiger partial charge in [-0.2, -0.15) is 5.10 Å². The number of rotatable bonds is 6. The van der Waals surface area contributed by atoms with E-state index >= 15 is 0 Å². The maximum absolute atomic E-state index is 11.4. The van der Waals surface area contributed by atoms with Crippen LogP contribution in [0, 0.1) is 0 Å². The molecule has 7 nitrogen and oxygen atoms in total.